The molecule has 3 unspecified atom stereocenters. The van der Waals surface area contributed by atoms with Crippen LogP contribution in [0.2, 0.25) is 5.02 Å². The lowest BCUT2D eigenvalue weighted by atomic mass is 9.76. The van der Waals surface area contributed by atoms with Crippen molar-refractivity contribution in [3.8, 4) is 0 Å². The lowest BCUT2D eigenvalue weighted by Gasteiger charge is -2.35. The van der Waals surface area contributed by atoms with Crippen LogP contribution >= 0.6 is 11.6 Å². The summed E-state index contributed by atoms with van der Waals surface area (Å²) in [5.74, 6) is 4.18. The number of hydrogen-bond acceptors (Lipinski definition) is 2. The summed E-state index contributed by atoms with van der Waals surface area (Å²) in [7, 11) is 0. The first-order chi connectivity index (χ1) is 9.43. The van der Waals surface area contributed by atoms with Crippen LogP contribution in [-0.2, 0) is 0 Å². The third-order valence-corrected chi connectivity index (χ3v) is 4.41. The van der Waals surface area contributed by atoms with E-state index in [0.717, 1.165) is 12.0 Å². The minimum absolute atomic E-state index is 0.101. The molecule has 1 aliphatic carbocycles. The van der Waals surface area contributed by atoms with Crippen molar-refractivity contribution in [2.24, 2.45) is 17.7 Å². The van der Waals surface area contributed by atoms with Gasteiger partial charge in [-0.3, -0.25) is 11.3 Å². The molecule has 2 rings (SSSR count). The van der Waals surface area contributed by atoms with Gasteiger partial charge in [-0.1, -0.05) is 36.2 Å². The first-order valence-corrected chi connectivity index (χ1v) is 7.08. The van der Waals surface area contributed by atoms with Crippen LogP contribution < -0.4 is 11.3 Å². The van der Waals surface area contributed by atoms with Crippen LogP contribution in [0.25, 0.3) is 0 Å². The van der Waals surface area contributed by atoms with Gasteiger partial charge in [0.05, 0.1) is 12.0 Å². The van der Waals surface area contributed by atoms with E-state index in [0.29, 0.717) is 11.4 Å². The molecule has 1 aromatic carbocycles. The van der Waals surface area contributed by atoms with Crippen molar-refractivity contribution in [3.05, 3.63) is 34.9 Å². The molecule has 1 aromatic rings. The maximum atomic E-state index is 12.9. The Morgan fingerprint density at radius 1 is 1.25 bits per heavy atom. The fourth-order valence-corrected chi connectivity index (χ4v) is 3.29. The summed E-state index contributed by atoms with van der Waals surface area (Å²) in [5, 5.41) is 0.532. The van der Waals surface area contributed by atoms with Gasteiger partial charge in [0.15, 0.2) is 0 Å². The molecule has 0 spiro atoms. The van der Waals surface area contributed by atoms with Gasteiger partial charge in [0, 0.05) is 5.02 Å². The van der Waals surface area contributed by atoms with E-state index in [4.69, 9.17) is 17.4 Å². The molecule has 0 saturated heterocycles. The minimum Gasteiger partial charge on any atom is -0.271 e. The summed E-state index contributed by atoms with van der Waals surface area (Å²) < 4.78 is 38.7. The molecule has 2 nitrogen and oxygen atoms in total. The smallest absolute Gasteiger partial charge is 0.271 e. The minimum atomic E-state index is -4.13. The van der Waals surface area contributed by atoms with E-state index >= 15 is 0 Å². The van der Waals surface area contributed by atoms with Crippen molar-refractivity contribution in [3.63, 3.8) is 0 Å². The van der Waals surface area contributed by atoms with Gasteiger partial charge in [0.1, 0.15) is 0 Å². The highest BCUT2D eigenvalue weighted by molar-refractivity contribution is 6.31. The van der Waals surface area contributed by atoms with Crippen LogP contribution in [0.5, 0.6) is 0 Å². The molecule has 3 atom stereocenters. The van der Waals surface area contributed by atoms with Crippen LogP contribution in [-0.4, -0.2) is 6.18 Å². The number of rotatable bonds is 3. The first-order valence-electron chi connectivity index (χ1n) is 6.70. The maximum absolute atomic E-state index is 12.9. The second-order valence-electron chi connectivity index (χ2n) is 5.33. The topological polar surface area (TPSA) is 38.0 Å². The monoisotopic (exact) mass is 306 g/mol. The number of hydrogen-bond donors (Lipinski definition) is 2. The predicted molar refractivity (Wildman–Crippen MR) is 73.0 cm³/mol. The van der Waals surface area contributed by atoms with Crippen molar-refractivity contribution in [2.75, 3.05) is 0 Å². The zero-order chi connectivity index (χ0) is 14.8. The number of benzene rings is 1. The third-order valence-electron chi connectivity index (χ3n) is 4.07. The summed E-state index contributed by atoms with van der Waals surface area (Å²) in [4.78, 5) is 0. The molecule has 20 heavy (non-hydrogen) atoms. The highest BCUT2D eigenvalue weighted by Crippen LogP contribution is 2.44. The molecule has 1 aliphatic rings. The molecule has 6 heteroatoms. The van der Waals surface area contributed by atoms with Gasteiger partial charge in [-0.25, -0.2) is 0 Å². The molecule has 0 bridgehead atoms. The Morgan fingerprint density at radius 3 is 2.55 bits per heavy atom. The van der Waals surface area contributed by atoms with E-state index in [2.05, 4.69) is 5.43 Å². The normalized spacial score (nSPS) is 25.4. The average molecular weight is 307 g/mol. The van der Waals surface area contributed by atoms with Crippen molar-refractivity contribution in [1.29, 1.82) is 0 Å². The standard InChI is InChI=1S/C14H18ClF3N2/c15-12-7-2-1-6-11(12)13(20-19)9-4-3-5-10(8-9)14(16,17)18/h1-2,6-7,9-10,13,20H,3-5,8,19H2. The van der Waals surface area contributed by atoms with Crippen LogP contribution in [0.3, 0.4) is 0 Å². The van der Waals surface area contributed by atoms with Crippen LogP contribution in [0.15, 0.2) is 24.3 Å². The number of halogens is 4. The van der Waals surface area contributed by atoms with Crippen LogP contribution in [0, 0.1) is 11.8 Å². The van der Waals surface area contributed by atoms with E-state index in [-0.39, 0.29) is 24.8 Å². The van der Waals surface area contributed by atoms with Gasteiger partial charge in [-0.2, -0.15) is 13.2 Å². The molecule has 0 aliphatic heterocycles. The van der Waals surface area contributed by atoms with Gasteiger partial charge in [-0.05, 0) is 36.8 Å². The van der Waals surface area contributed by atoms with E-state index < -0.39 is 12.1 Å². The molecule has 1 fully saturated rings. The van der Waals surface area contributed by atoms with Crippen molar-refractivity contribution < 1.29 is 13.2 Å². The highest BCUT2D eigenvalue weighted by atomic mass is 35.5. The third kappa shape index (κ3) is 3.45. The van der Waals surface area contributed by atoms with Crippen molar-refractivity contribution in [2.45, 2.75) is 37.9 Å². The Kier molecular flexibility index (Phi) is 4.94. The zero-order valence-corrected chi connectivity index (χ0v) is 11.7. The Hall–Kier alpha value is -0.780. The van der Waals surface area contributed by atoms with Gasteiger partial charge in [-0.15, -0.1) is 0 Å². The molecule has 0 aromatic heterocycles. The summed E-state index contributed by atoms with van der Waals surface area (Å²) in [5.41, 5.74) is 3.42. The lowest BCUT2D eigenvalue weighted by molar-refractivity contribution is -0.186. The second-order valence-corrected chi connectivity index (χ2v) is 5.74. The van der Waals surface area contributed by atoms with E-state index in [9.17, 15) is 13.2 Å². The average Bonchev–Trinajstić information content (AvgIpc) is 2.41. The second kappa shape index (κ2) is 6.33. The number of alkyl halides is 3. The Balaban J connectivity index is 2.18. The van der Waals surface area contributed by atoms with Crippen LogP contribution in [0.1, 0.15) is 37.3 Å². The summed E-state index contributed by atoms with van der Waals surface area (Å²) >= 11 is 6.13. The summed E-state index contributed by atoms with van der Waals surface area (Å²) in [6, 6.07) is 6.80. The molecule has 1 saturated carbocycles. The van der Waals surface area contributed by atoms with E-state index in [1.54, 1.807) is 12.1 Å². The van der Waals surface area contributed by atoms with E-state index in [1.807, 2.05) is 12.1 Å². The van der Waals surface area contributed by atoms with Crippen molar-refractivity contribution >= 4 is 11.6 Å². The number of nitrogens with one attached hydrogen (secondary N) is 1. The molecule has 3 N–H and O–H groups in total. The maximum Gasteiger partial charge on any atom is 0.391 e. The van der Waals surface area contributed by atoms with Gasteiger partial charge < -0.3 is 0 Å². The fourth-order valence-electron chi connectivity index (χ4n) is 3.03. The number of nitrogens with two attached hydrogens (primary N) is 1. The lowest BCUT2D eigenvalue weighted by Crippen LogP contribution is -2.38. The fraction of sp³-hybridized carbons (Fsp3) is 0.571. The van der Waals surface area contributed by atoms with E-state index in [1.165, 1.54) is 0 Å². The predicted octanol–water partition coefficient (Wildman–Crippen LogP) is 4.21. The molecule has 0 amide bonds. The Morgan fingerprint density at radius 2 is 1.95 bits per heavy atom. The largest absolute Gasteiger partial charge is 0.391 e. The molecule has 112 valence electrons. The van der Waals surface area contributed by atoms with Gasteiger partial charge in [0.25, 0.3) is 0 Å². The first kappa shape index (κ1) is 15.6. The van der Waals surface area contributed by atoms with Crippen LogP contribution in [0.4, 0.5) is 13.2 Å². The van der Waals surface area contributed by atoms with Gasteiger partial charge >= 0.3 is 6.18 Å². The molecule has 0 heterocycles. The molecule has 0 radical (unpaired) electrons. The quantitative estimate of drug-likeness (QED) is 0.648. The zero-order valence-electron chi connectivity index (χ0n) is 11.0. The summed E-state index contributed by atoms with van der Waals surface area (Å²) in [6.07, 6.45) is -2.52. The number of hydrazine groups is 1. The molecular weight excluding hydrogens is 289 g/mol. The Labute approximate surface area is 121 Å². The summed E-state index contributed by atoms with van der Waals surface area (Å²) in [6.45, 7) is 0. The Bertz CT molecular complexity index is 450. The van der Waals surface area contributed by atoms with Gasteiger partial charge in [0.2, 0.25) is 0 Å². The SMILES string of the molecule is NNC(c1ccccc1Cl)C1CCCC(C(F)(F)F)C1. The van der Waals surface area contributed by atoms with Crippen molar-refractivity contribution in [1.82, 2.24) is 5.43 Å². The molecular formula is C14H18ClF3N2. The highest BCUT2D eigenvalue weighted by Gasteiger charge is 2.43.